The van der Waals surface area contributed by atoms with E-state index in [1.165, 1.54) is 21.5 Å². The molecule has 1 amide bonds. The lowest BCUT2D eigenvalue weighted by atomic mass is 9.99. The molecule has 136 valence electrons. The van der Waals surface area contributed by atoms with Crippen LogP contribution >= 0.6 is 0 Å². The van der Waals surface area contributed by atoms with Gasteiger partial charge in [-0.1, -0.05) is 66.2 Å². The van der Waals surface area contributed by atoms with Gasteiger partial charge in [0.1, 0.15) is 6.54 Å². The molecule has 0 N–H and O–H groups in total. The molecule has 0 spiro atoms. The Bertz CT molecular complexity index is 960. The van der Waals surface area contributed by atoms with Crippen molar-refractivity contribution in [1.29, 1.82) is 0 Å². The smallest absolute Gasteiger partial charge is 0.246 e. The summed E-state index contributed by atoms with van der Waals surface area (Å²) in [6.07, 6.45) is 2.98. The first-order chi connectivity index (χ1) is 13.2. The van der Waals surface area contributed by atoms with Crippen LogP contribution in [0.5, 0.6) is 0 Å². The number of carbonyl (C=O) groups is 1. The summed E-state index contributed by atoms with van der Waals surface area (Å²) in [5, 5.41) is 12.4. The second kappa shape index (κ2) is 7.53. The number of amides is 1. The van der Waals surface area contributed by atoms with Crippen molar-refractivity contribution < 1.29 is 4.79 Å². The fourth-order valence-electron chi connectivity index (χ4n) is 3.16. The number of aryl methyl sites for hydroxylation is 1. The Morgan fingerprint density at radius 2 is 1.81 bits per heavy atom. The van der Waals surface area contributed by atoms with Crippen molar-refractivity contribution in [2.45, 2.75) is 19.9 Å². The molecule has 0 bridgehead atoms. The van der Waals surface area contributed by atoms with Crippen molar-refractivity contribution in [3.63, 3.8) is 0 Å². The van der Waals surface area contributed by atoms with Gasteiger partial charge in [-0.05, 0) is 29.7 Å². The number of benzene rings is 2. The minimum absolute atomic E-state index is 0.00576. The maximum atomic E-state index is 12.6. The van der Waals surface area contributed by atoms with E-state index < -0.39 is 0 Å². The predicted molar refractivity (Wildman–Crippen MR) is 104 cm³/mol. The number of rotatable bonds is 4. The van der Waals surface area contributed by atoms with E-state index in [0.29, 0.717) is 18.9 Å². The van der Waals surface area contributed by atoms with Crippen LogP contribution in [-0.2, 0) is 11.3 Å². The molecule has 0 saturated carbocycles. The van der Waals surface area contributed by atoms with Crippen LogP contribution in [-0.4, -0.2) is 44.1 Å². The Balaban J connectivity index is 1.39. The molecule has 0 fully saturated rings. The molecule has 0 atom stereocenters. The minimum atomic E-state index is 0.00576. The van der Waals surface area contributed by atoms with Gasteiger partial charge in [0.2, 0.25) is 11.7 Å². The molecule has 2 aromatic carbocycles. The molecule has 6 nitrogen and oxygen atoms in total. The highest BCUT2D eigenvalue weighted by molar-refractivity contribution is 5.78. The molecule has 6 heteroatoms. The molecule has 2 heterocycles. The summed E-state index contributed by atoms with van der Waals surface area (Å²) in [4.78, 5) is 15.8. The number of nitrogens with zero attached hydrogens (tertiary/aromatic N) is 5. The van der Waals surface area contributed by atoms with Gasteiger partial charge < -0.3 is 4.90 Å². The molecule has 3 aromatic rings. The Morgan fingerprint density at radius 3 is 2.52 bits per heavy atom. The highest BCUT2D eigenvalue weighted by atomic mass is 16.2. The second-order valence-corrected chi connectivity index (χ2v) is 6.69. The number of hydrogen-bond acceptors (Lipinski definition) is 4. The molecule has 1 aromatic heterocycles. The largest absolute Gasteiger partial charge is 0.337 e. The predicted octanol–water partition coefficient (Wildman–Crippen LogP) is 2.96. The van der Waals surface area contributed by atoms with E-state index >= 15 is 0 Å². The molecule has 0 saturated heterocycles. The van der Waals surface area contributed by atoms with E-state index in [4.69, 9.17) is 0 Å². The lowest BCUT2D eigenvalue weighted by molar-refractivity contribution is -0.131. The zero-order valence-electron chi connectivity index (χ0n) is 15.2. The molecule has 0 unspecified atom stereocenters. The van der Waals surface area contributed by atoms with Gasteiger partial charge in [0.05, 0.1) is 0 Å². The normalized spacial score (nSPS) is 14.1. The van der Waals surface area contributed by atoms with Gasteiger partial charge in [-0.15, -0.1) is 10.2 Å². The van der Waals surface area contributed by atoms with E-state index in [-0.39, 0.29) is 12.5 Å². The zero-order chi connectivity index (χ0) is 18.6. The fourth-order valence-corrected chi connectivity index (χ4v) is 3.16. The molecule has 0 aliphatic carbocycles. The highest BCUT2D eigenvalue weighted by Gasteiger charge is 2.19. The maximum Gasteiger partial charge on any atom is 0.246 e. The van der Waals surface area contributed by atoms with Gasteiger partial charge in [-0.3, -0.25) is 4.79 Å². The van der Waals surface area contributed by atoms with Gasteiger partial charge in [-0.25, -0.2) is 0 Å². The van der Waals surface area contributed by atoms with Crippen LogP contribution in [0.4, 0.5) is 0 Å². The number of hydrogen-bond donors (Lipinski definition) is 0. The molecule has 27 heavy (non-hydrogen) atoms. The van der Waals surface area contributed by atoms with E-state index in [1.807, 2.05) is 54.3 Å². The van der Waals surface area contributed by atoms with Crippen LogP contribution in [0.2, 0.25) is 0 Å². The summed E-state index contributed by atoms with van der Waals surface area (Å²) in [5.41, 5.74) is 4.59. The SMILES string of the molecule is Cc1ccc(-c2nnn(CC(=O)N3CC=C(c4ccccc4)CC3)n2)cc1. The summed E-state index contributed by atoms with van der Waals surface area (Å²) < 4.78 is 0. The lowest BCUT2D eigenvalue weighted by Gasteiger charge is -2.26. The monoisotopic (exact) mass is 359 g/mol. The van der Waals surface area contributed by atoms with Gasteiger partial charge in [0, 0.05) is 18.7 Å². The maximum absolute atomic E-state index is 12.6. The summed E-state index contributed by atoms with van der Waals surface area (Å²) >= 11 is 0. The first-order valence-corrected chi connectivity index (χ1v) is 9.06. The van der Waals surface area contributed by atoms with Crippen LogP contribution in [0.25, 0.3) is 17.0 Å². The zero-order valence-corrected chi connectivity index (χ0v) is 15.2. The van der Waals surface area contributed by atoms with Crippen molar-refractivity contribution in [3.8, 4) is 11.4 Å². The highest BCUT2D eigenvalue weighted by Crippen LogP contribution is 2.22. The third-order valence-electron chi connectivity index (χ3n) is 4.75. The second-order valence-electron chi connectivity index (χ2n) is 6.69. The molecule has 0 radical (unpaired) electrons. The average Bonchev–Trinajstić information content (AvgIpc) is 3.18. The van der Waals surface area contributed by atoms with E-state index in [2.05, 4.69) is 33.6 Å². The molecule has 1 aliphatic heterocycles. The fraction of sp³-hybridized carbons (Fsp3) is 0.238. The van der Waals surface area contributed by atoms with Crippen LogP contribution in [0.3, 0.4) is 0 Å². The van der Waals surface area contributed by atoms with Crippen LogP contribution < -0.4 is 0 Å². The van der Waals surface area contributed by atoms with Crippen LogP contribution in [0.15, 0.2) is 60.7 Å². The van der Waals surface area contributed by atoms with E-state index in [0.717, 1.165) is 12.0 Å². The lowest BCUT2D eigenvalue weighted by Crippen LogP contribution is -2.37. The Hall–Kier alpha value is -3.28. The topological polar surface area (TPSA) is 63.9 Å². The summed E-state index contributed by atoms with van der Waals surface area (Å²) in [5.74, 6) is 0.541. The number of carbonyl (C=O) groups excluding carboxylic acids is 1. The quantitative estimate of drug-likeness (QED) is 0.718. The molecule has 1 aliphatic rings. The number of tetrazole rings is 1. The standard InChI is InChI=1S/C21H21N5O/c1-16-7-9-19(10-8-16)21-22-24-26(23-21)15-20(27)25-13-11-18(12-14-25)17-5-3-2-4-6-17/h2-11H,12-15H2,1H3. The summed E-state index contributed by atoms with van der Waals surface area (Å²) in [7, 11) is 0. The van der Waals surface area contributed by atoms with Crippen molar-refractivity contribution in [2.24, 2.45) is 0 Å². The van der Waals surface area contributed by atoms with Crippen molar-refractivity contribution in [2.75, 3.05) is 13.1 Å². The van der Waals surface area contributed by atoms with Gasteiger partial charge in [0.25, 0.3) is 0 Å². The van der Waals surface area contributed by atoms with E-state index in [1.54, 1.807) is 0 Å². The molecular formula is C21H21N5O. The first-order valence-electron chi connectivity index (χ1n) is 9.06. The summed E-state index contributed by atoms with van der Waals surface area (Å²) in [6, 6.07) is 18.2. The Morgan fingerprint density at radius 1 is 1.04 bits per heavy atom. The third kappa shape index (κ3) is 3.95. The van der Waals surface area contributed by atoms with Crippen molar-refractivity contribution in [3.05, 3.63) is 71.8 Å². The summed E-state index contributed by atoms with van der Waals surface area (Å²) in [6.45, 7) is 3.46. The molecule has 4 rings (SSSR count). The third-order valence-corrected chi connectivity index (χ3v) is 4.75. The van der Waals surface area contributed by atoms with Crippen LogP contribution in [0, 0.1) is 6.92 Å². The van der Waals surface area contributed by atoms with Gasteiger partial charge in [-0.2, -0.15) is 4.80 Å². The minimum Gasteiger partial charge on any atom is -0.337 e. The van der Waals surface area contributed by atoms with Gasteiger partial charge >= 0.3 is 0 Å². The Labute approximate surface area is 158 Å². The van der Waals surface area contributed by atoms with Crippen molar-refractivity contribution in [1.82, 2.24) is 25.1 Å². The van der Waals surface area contributed by atoms with Gasteiger partial charge in [0.15, 0.2) is 0 Å². The first kappa shape index (κ1) is 17.1. The average molecular weight is 359 g/mol. The number of aromatic nitrogens is 4. The Kier molecular flexibility index (Phi) is 4.78. The van der Waals surface area contributed by atoms with E-state index in [9.17, 15) is 4.79 Å². The van der Waals surface area contributed by atoms with Crippen LogP contribution in [0.1, 0.15) is 17.5 Å². The molecular weight excluding hydrogens is 338 g/mol. The van der Waals surface area contributed by atoms with Crippen molar-refractivity contribution >= 4 is 11.5 Å².